The largest absolute Gasteiger partial charge is 0.444 e. The number of benzene rings is 1. The lowest BCUT2D eigenvalue weighted by Crippen LogP contribution is -2.42. The topological polar surface area (TPSA) is 78.0 Å². The summed E-state index contributed by atoms with van der Waals surface area (Å²) < 4.78 is 33.5. The van der Waals surface area contributed by atoms with E-state index in [1.54, 1.807) is 39.8 Å². The fourth-order valence-electron chi connectivity index (χ4n) is 2.52. The minimum absolute atomic E-state index is 0.0105. The molecule has 1 aromatic carbocycles. The Bertz CT molecular complexity index is 670. The molecule has 0 bridgehead atoms. The zero-order valence-corrected chi connectivity index (χ0v) is 18.1. The molecule has 1 aromatic rings. The number of ether oxygens (including phenoxy) is 1. The molecular formula is C20H33F2N5O2. The van der Waals surface area contributed by atoms with Crippen molar-refractivity contribution in [3.05, 3.63) is 35.4 Å². The average molecular weight is 414 g/mol. The number of likely N-dealkylation sites (N-methyl/N-ethyl adjacent to an activating group) is 1. The summed E-state index contributed by atoms with van der Waals surface area (Å²) in [6.07, 6.45) is -0.496. The van der Waals surface area contributed by atoms with Crippen molar-refractivity contribution in [3.63, 3.8) is 0 Å². The van der Waals surface area contributed by atoms with Crippen LogP contribution in [0.3, 0.4) is 0 Å². The Morgan fingerprint density at radius 3 is 2.24 bits per heavy atom. The molecule has 1 amide bonds. The number of amides is 1. The number of rotatable bonds is 8. The van der Waals surface area contributed by atoms with Gasteiger partial charge >= 0.3 is 6.09 Å². The zero-order chi connectivity index (χ0) is 22.0. The molecule has 0 radical (unpaired) electrons. The van der Waals surface area contributed by atoms with E-state index in [0.29, 0.717) is 25.6 Å². The Hall–Kier alpha value is -2.42. The molecule has 0 heterocycles. The molecule has 1 rings (SSSR count). The van der Waals surface area contributed by atoms with E-state index in [2.05, 4.69) is 20.9 Å². The molecule has 0 spiro atoms. The summed E-state index contributed by atoms with van der Waals surface area (Å²) in [5, 5.41) is 8.80. The standard InChI is InChI=1S/C20H33F2N5O2/c1-7-23-18(24-11-12-25-19(28)29-20(2,3)4)26-13-16(27(5)6)17-14(21)9-8-10-15(17)22/h8-10,16H,7,11-13H2,1-6H3,(H,25,28)(H2,23,24,26). The number of halogens is 2. The highest BCUT2D eigenvalue weighted by atomic mass is 19.1. The molecule has 7 nitrogen and oxygen atoms in total. The van der Waals surface area contributed by atoms with Crippen LogP contribution < -0.4 is 16.0 Å². The van der Waals surface area contributed by atoms with E-state index < -0.39 is 29.4 Å². The van der Waals surface area contributed by atoms with Crippen molar-refractivity contribution < 1.29 is 18.3 Å². The Labute approximate surface area is 171 Å². The van der Waals surface area contributed by atoms with Gasteiger partial charge in [-0.15, -0.1) is 0 Å². The number of guanidine groups is 1. The first-order valence-corrected chi connectivity index (χ1v) is 9.64. The monoisotopic (exact) mass is 413 g/mol. The fraction of sp³-hybridized carbons (Fsp3) is 0.600. The predicted octanol–water partition coefficient (Wildman–Crippen LogP) is 2.65. The Morgan fingerprint density at radius 1 is 1.14 bits per heavy atom. The second-order valence-electron chi connectivity index (χ2n) is 7.69. The summed E-state index contributed by atoms with van der Waals surface area (Å²) >= 11 is 0. The Morgan fingerprint density at radius 2 is 1.72 bits per heavy atom. The van der Waals surface area contributed by atoms with Crippen molar-refractivity contribution in [1.82, 2.24) is 20.9 Å². The molecular weight excluding hydrogens is 380 g/mol. The number of nitrogens with one attached hydrogen (secondary N) is 3. The number of carbonyl (C=O) groups is 1. The maximum atomic E-state index is 14.2. The molecule has 0 aliphatic heterocycles. The second kappa shape index (κ2) is 11.5. The first-order valence-electron chi connectivity index (χ1n) is 9.64. The van der Waals surface area contributed by atoms with Gasteiger partial charge in [-0.1, -0.05) is 6.07 Å². The highest BCUT2D eigenvalue weighted by molar-refractivity contribution is 5.79. The third-order valence-corrected chi connectivity index (χ3v) is 3.81. The van der Waals surface area contributed by atoms with Gasteiger partial charge in [-0.2, -0.15) is 0 Å². The lowest BCUT2D eigenvalue weighted by Gasteiger charge is -2.24. The van der Waals surface area contributed by atoms with Gasteiger partial charge < -0.3 is 25.6 Å². The van der Waals surface area contributed by atoms with Gasteiger partial charge in [0.1, 0.15) is 17.2 Å². The number of hydrogen-bond acceptors (Lipinski definition) is 4. The van der Waals surface area contributed by atoms with Crippen LogP contribution in [-0.2, 0) is 4.74 Å². The third kappa shape index (κ3) is 9.08. The van der Waals surface area contributed by atoms with E-state index in [1.807, 2.05) is 6.92 Å². The molecule has 0 saturated heterocycles. The van der Waals surface area contributed by atoms with Crippen LogP contribution in [0.4, 0.5) is 13.6 Å². The molecule has 3 N–H and O–H groups in total. The molecule has 0 aliphatic rings. The van der Waals surface area contributed by atoms with Gasteiger partial charge in [-0.05, 0) is 53.9 Å². The second-order valence-corrected chi connectivity index (χ2v) is 7.69. The third-order valence-electron chi connectivity index (χ3n) is 3.81. The zero-order valence-electron chi connectivity index (χ0n) is 18.1. The number of nitrogens with zero attached hydrogens (tertiary/aromatic N) is 2. The highest BCUT2D eigenvalue weighted by Gasteiger charge is 2.22. The Kier molecular flexibility index (Phi) is 9.80. The number of carbonyl (C=O) groups excluding carboxylic acids is 1. The smallest absolute Gasteiger partial charge is 0.407 e. The van der Waals surface area contributed by atoms with Gasteiger partial charge in [-0.25, -0.2) is 13.6 Å². The molecule has 0 aromatic heterocycles. The molecule has 9 heteroatoms. The van der Waals surface area contributed by atoms with Crippen molar-refractivity contribution in [3.8, 4) is 0 Å². The van der Waals surface area contributed by atoms with Gasteiger partial charge in [0.2, 0.25) is 0 Å². The van der Waals surface area contributed by atoms with Crippen LogP contribution in [0.15, 0.2) is 23.2 Å². The van der Waals surface area contributed by atoms with E-state index in [1.165, 1.54) is 18.2 Å². The van der Waals surface area contributed by atoms with E-state index in [9.17, 15) is 13.6 Å². The maximum Gasteiger partial charge on any atom is 0.407 e. The fourth-order valence-corrected chi connectivity index (χ4v) is 2.52. The minimum atomic E-state index is -0.599. The highest BCUT2D eigenvalue weighted by Crippen LogP contribution is 2.24. The predicted molar refractivity (Wildman–Crippen MR) is 111 cm³/mol. The summed E-state index contributed by atoms with van der Waals surface area (Å²) in [7, 11) is 3.49. The van der Waals surface area contributed by atoms with Crippen LogP contribution in [0, 0.1) is 11.6 Å². The van der Waals surface area contributed by atoms with Crippen molar-refractivity contribution in [1.29, 1.82) is 0 Å². The summed E-state index contributed by atoms with van der Waals surface area (Å²) in [6, 6.07) is 3.26. The normalized spacial score (nSPS) is 13.2. The van der Waals surface area contributed by atoms with Crippen LogP contribution in [0.2, 0.25) is 0 Å². The summed E-state index contributed by atoms with van der Waals surface area (Å²) in [4.78, 5) is 17.8. The van der Waals surface area contributed by atoms with Crippen molar-refractivity contribution in [2.45, 2.75) is 39.3 Å². The quantitative estimate of drug-likeness (QED) is 0.347. The van der Waals surface area contributed by atoms with Crippen molar-refractivity contribution >= 4 is 12.1 Å². The molecule has 1 unspecified atom stereocenters. The Balaban J connectivity index is 2.71. The first kappa shape index (κ1) is 24.6. The first-order chi connectivity index (χ1) is 13.5. The average Bonchev–Trinajstić information content (AvgIpc) is 2.59. The number of alkyl carbamates (subject to hydrolysis) is 1. The van der Waals surface area contributed by atoms with Gasteiger partial charge in [0.05, 0.1) is 12.6 Å². The SMILES string of the molecule is CCNC(=NCC(c1c(F)cccc1F)N(C)C)NCCNC(=O)OC(C)(C)C. The molecule has 0 aliphatic carbocycles. The molecule has 29 heavy (non-hydrogen) atoms. The van der Waals surface area contributed by atoms with Gasteiger partial charge in [-0.3, -0.25) is 4.99 Å². The summed E-state index contributed by atoms with van der Waals surface area (Å²) in [5.74, 6) is -0.709. The lowest BCUT2D eigenvalue weighted by molar-refractivity contribution is 0.0529. The molecule has 0 saturated carbocycles. The van der Waals surface area contributed by atoms with Crippen LogP contribution in [0.1, 0.15) is 39.3 Å². The van der Waals surface area contributed by atoms with Crippen LogP contribution >= 0.6 is 0 Å². The minimum Gasteiger partial charge on any atom is -0.444 e. The van der Waals surface area contributed by atoms with Gasteiger partial charge in [0, 0.05) is 25.2 Å². The van der Waals surface area contributed by atoms with E-state index in [4.69, 9.17) is 4.74 Å². The van der Waals surface area contributed by atoms with E-state index in [-0.39, 0.29) is 12.1 Å². The number of hydrogen-bond donors (Lipinski definition) is 3. The summed E-state index contributed by atoms with van der Waals surface area (Å²) in [5.41, 5.74) is -0.569. The van der Waals surface area contributed by atoms with Crippen LogP contribution in [0.5, 0.6) is 0 Å². The van der Waals surface area contributed by atoms with Crippen LogP contribution in [-0.4, -0.2) is 62.8 Å². The maximum absolute atomic E-state index is 14.2. The van der Waals surface area contributed by atoms with E-state index >= 15 is 0 Å². The van der Waals surface area contributed by atoms with E-state index in [0.717, 1.165) is 0 Å². The molecule has 164 valence electrons. The van der Waals surface area contributed by atoms with Crippen molar-refractivity contribution in [2.75, 3.05) is 40.3 Å². The van der Waals surface area contributed by atoms with Gasteiger partial charge in [0.25, 0.3) is 0 Å². The van der Waals surface area contributed by atoms with Crippen LogP contribution in [0.25, 0.3) is 0 Å². The molecule has 1 atom stereocenters. The lowest BCUT2D eigenvalue weighted by atomic mass is 10.0. The van der Waals surface area contributed by atoms with Gasteiger partial charge in [0.15, 0.2) is 5.96 Å². The molecule has 0 fully saturated rings. The number of aliphatic imine (C=N–C) groups is 1. The summed E-state index contributed by atoms with van der Waals surface area (Å²) in [6.45, 7) is 8.80. The van der Waals surface area contributed by atoms with Crippen molar-refractivity contribution in [2.24, 2.45) is 4.99 Å².